The summed E-state index contributed by atoms with van der Waals surface area (Å²) in [6.45, 7) is 5.85. The van der Waals surface area contributed by atoms with Crippen molar-refractivity contribution >= 4 is 38.9 Å². The molecule has 5 nitrogen and oxygen atoms in total. The van der Waals surface area contributed by atoms with E-state index >= 15 is 0 Å². The van der Waals surface area contributed by atoms with Gasteiger partial charge in [-0.25, -0.2) is 9.78 Å². The molecule has 2 atom stereocenters. The molecule has 0 aliphatic heterocycles. The van der Waals surface area contributed by atoms with E-state index in [4.69, 9.17) is 4.74 Å². The first-order chi connectivity index (χ1) is 12.4. The Hall–Kier alpha value is -1.99. The summed E-state index contributed by atoms with van der Waals surface area (Å²) in [7, 11) is 0. The van der Waals surface area contributed by atoms with Crippen LogP contribution in [0.25, 0.3) is 10.2 Å². The molecule has 7 heteroatoms. The number of fused-ring (bicyclic) bond motifs is 3. The minimum absolute atomic E-state index is 0.132. The fourth-order valence-corrected chi connectivity index (χ4v) is 5.61. The summed E-state index contributed by atoms with van der Waals surface area (Å²) in [5.41, 5.74) is 1.92. The van der Waals surface area contributed by atoms with Gasteiger partial charge < -0.3 is 9.72 Å². The number of aryl methyl sites for hydroxylation is 2. The Morgan fingerprint density at radius 1 is 1.46 bits per heavy atom. The van der Waals surface area contributed by atoms with Gasteiger partial charge in [0.15, 0.2) is 11.9 Å². The first kappa shape index (κ1) is 17.4. The molecule has 1 aliphatic carbocycles. The number of rotatable bonds is 3. The van der Waals surface area contributed by atoms with E-state index in [1.54, 1.807) is 18.3 Å². The van der Waals surface area contributed by atoms with Crippen LogP contribution in [0.2, 0.25) is 0 Å². The maximum absolute atomic E-state index is 12.7. The molecule has 0 saturated heterocycles. The third-order valence-corrected chi connectivity index (χ3v) is 7.04. The van der Waals surface area contributed by atoms with Gasteiger partial charge >= 0.3 is 5.97 Å². The topological polar surface area (TPSA) is 72.0 Å². The molecule has 1 N–H and O–H groups in total. The number of esters is 1. The monoisotopic (exact) mass is 388 g/mol. The van der Waals surface area contributed by atoms with Crippen molar-refractivity contribution in [2.75, 3.05) is 0 Å². The normalized spacial score (nSPS) is 17.9. The summed E-state index contributed by atoms with van der Waals surface area (Å²) in [6, 6.07) is 1.88. The molecule has 0 spiro atoms. The van der Waals surface area contributed by atoms with E-state index in [-0.39, 0.29) is 11.5 Å². The maximum Gasteiger partial charge on any atom is 0.349 e. The van der Waals surface area contributed by atoms with Crippen LogP contribution < -0.4 is 5.56 Å². The molecular weight excluding hydrogens is 368 g/mol. The highest BCUT2D eigenvalue weighted by atomic mass is 32.1. The number of aromatic nitrogens is 2. The number of carbonyl (C=O) groups excluding carboxylic acids is 1. The van der Waals surface area contributed by atoms with Gasteiger partial charge in [-0.2, -0.15) is 0 Å². The lowest BCUT2D eigenvalue weighted by Crippen LogP contribution is -2.18. The zero-order valence-corrected chi connectivity index (χ0v) is 16.6. The number of aromatic amines is 1. The number of thiophene rings is 2. The number of hydrogen-bond acceptors (Lipinski definition) is 6. The Labute approximate surface area is 159 Å². The Morgan fingerprint density at radius 3 is 3.00 bits per heavy atom. The molecule has 3 aromatic rings. The van der Waals surface area contributed by atoms with E-state index in [1.165, 1.54) is 16.2 Å². The van der Waals surface area contributed by atoms with Crippen molar-refractivity contribution in [2.24, 2.45) is 5.92 Å². The number of nitrogens with one attached hydrogen (secondary N) is 1. The molecule has 1 aliphatic rings. The number of ether oxygens (including phenoxy) is 1. The zero-order chi connectivity index (χ0) is 18.4. The van der Waals surface area contributed by atoms with Gasteiger partial charge in [-0.05, 0) is 61.6 Å². The number of hydrogen-bond donors (Lipinski definition) is 1. The summed E-state index contributed by atoms with van der Waals surface area (Å²) >= 11 is 2.95. The van der Waals surface area contributed by atoms with Crippen molar-refractivity contribution < 1.29 is 9.53 Å². The minimum atomic E-state index is -0.612. The molecule has 4 rings (SSSR count). The molecule has 3 aromatic heterocycles. The summed E-state index contributed by atoms with van der Waals surface area (Å²) < 4.78 is 5.53. The highest BCUT2D eigenvalue weighted by molar-refractivity contribution is 7.18. The Bertz CT molecular complexity index is 1050. The second-order valence-corrected chi connectivity index (χ2v) is 8.96. The van der Waals surface area contributed by atoms with Crippen molar-refractivity contribution in [3.8, 4) is 0 Å². The summed E-state index contributed by atoms with van der Waals surface area (Å²) in [4.78, 5) is 35.0. The third kappa shape index (κ3) is 2.99. The average molecular weight is 389 g/mol. The minimum Gasteiger partial charge on any atom is -0.450 e. The molecule has 0 aromatic carbocycles. The predicted octanol–water partition coefficient (Wildman–Crippen LogP) is 4.40. The lowest BCUT2D eigenvalue weighted by molar-refractivity contribution is 0.0325. The molecule has 0 bridgehead atoms. The van der Waals surface area contributed by atoms with Crippen molar-refractivity contribution in [3.05, 3.63) is 48.5 Å². The molecule has 3 heterocycles. The average Bonchev–Trinajstić information content (AvgIpc) is 3.17. The summed E-state index contributed by atoms with van der Waals surface area (Å²) in [5.74, 6) is 0.659. The molecule has 0 saturated carbocycles. The standard InChI is InChI=1S/C19H20N2O3S2/c1-9-4-5-12-13(8-9)26-18-14(12)17(22)20-16(21-18)11(3)24-19(23)15-10(2)6-7-25-15/h6-7,9,11H,4-5,8H2,1-3H3,(H,20,21,22)/t9-,11-/m0/s1. The second kappa shape index (κ2) is 6.63. The molecule has 0 radical (unpaired) electrons. The van der Waals surface area contributed by atoms with Crippen LogP contribution in [-0.2, 0) is 17.6 Å². The van der Waals surface area contributed by atoms with Gasteiger partial charge in [-0.1, -0.05) is 6.92 Å². The van der Waals surface area contributed by atoms with Gasteiger partial charge in [0.25, 0.3) is 5.56 Å². The largest absolute Gasteiger partial charge is 0.450 e. The van der Waals surface area contributed by atoms with Crippen molar-refractivity contribution in [3.63, 3.8) is 0 Å². The molecule has 0 unspecified atom stereocenters. The molecule has 136 valence electrons. The van der Waals surface area contributed by atoms with Crippen LogP contribution in [0.3, 0.4) is 0 Å². The molecule has 0 fully saturated rings. The zero-order valence-electron chi connectivity index (χ0n) is 14.9. The fourth-order valence-electron chi connectivity index (χ4n) is 3.41. The van der Waals surface area contributed by atoms with Crippen LogP contribution in [0.1, 0.15) is 57.9 Å². The SMILES string of the molecule is Cc1ccsc1C(=O)O[C@@H](C)c1nc2sc3c(c2c(=O)[nH]1)CC[C@H](C)C3. The van der Waals surface area contributed by atoms with Gasteiger partial charge in [0.05, 0.1) is 5.39 Å². The second-order valence-electron chi connectivity index (χ2n) is 6.96. The van der Waals surface area contributed by atoms with E-state index in [9.17, 15) is 9.59 Å². The molecule has 0 amide bonds. The van der Waals surface area contributed by atoms with E-state index in [0.29, 0.717) is 22.0 Å². The van der Waals surface area contributed by atoms with E-state index < -0.39 is 6.10 Å². The smallest absolute Gasteiger partial charge is 0.349 e. The highest BCUT2D eigenvalue weighted by Gasteiger charge is 2.25. The third-order valence-electron chi connectivity index (χ3n) is 4.90. The van der Waals surface area contributed by atoms with Gasteiger partial charge in [0.2, 0.25) is 0 Å². The van der Waals surface area contributed by atoms with E-state index in [2.05, 4.69) is 16.9 Å². The highest BCUT2D eigenvalue weighted by Crippen LogP contribution is 2.36. The molecule has 26 heavy (non-hydrogen) atoms. The van der Waals surface area contributed by atoms with Crippen LogP contribution in [0.15, 0.2) is 16.2 Å². The van der Waals surface area contributed by atoms with E-state index in [1.807, 2.05) is 18.4 Å². The Balaban J connectivity index is 1.66. The van der Waals surface area contributed by atoms with Gasteiger partial charge in [0, 0.05) is 4.88 Å². The first-order valence-electron chi connectivity index (χ1n) is 8.73. The lowest BCUT2D eigenvalue weighted by Gasteiger charge is -2.17. The summed E-state index contributed by atoms with van der Waals surface area (Å²) in [5, 5.41) is 2.58. The van der Waals surface area contributed by atoms with Crippen LogP contribution in [0.4, 0.5) is 0 Å². The van der Waals surface area contributed by atoms with Crippen molar-refractivity contribution in [1.29, 1.82) is 0 Å². The van der Waals surface area contributed by atoms with Crippen molar-refractivity contribution in [1.82, 2.24) is 9.97 Å². The van der Waals surface area contributed by atoms with Crippen LogP contribution in [-0.4, -0.2) is 15.9 Å². The lowest BCUT2D eigenvalue weighted by atomic mass is 9.89. The van der Waals surface area contributed by atoms with Gasteiger partial charge in [-0.3, -0.25) is 4.79 Å². The maximum atomic E-state index is 12.7. The first-order valence-corrected chi connectivity index (χ1v) is 10.4. The van der Waals surface area contributed by atoms with Gasteiger partial charge in [0.1, 0.15) is 9.71 Å². The fraction of sp³-hybridized carbons (Fsp3) is 0.421. The Morgan fingerprint density at radius 2 is 2.27 bits per heavy atom. The van der Waals surface area contributed by atoms with E-state index in [0.717, 1.165) is 35.2 Å². The van der Waals surface area contributed by atoms with Crippen LogP contribution in [0.5, 0.6) is 0 Å². The predicted molar refractivity (Wildman–Crippen MR) is 104 cm³/mol. The number of nitrogens with zero attached hydrogens (tertiary/aromatic N) is 1. The quantitative estimate of drug-likeness (QED) is 0.675. The number of H-pyrrole nitrogens is 1. The Kier molecular flexibility index (Phi) is 4.44. The number of carbonyl (C=O) groups is 1. The van der Waals surface area contributed by atoms with Crippen LogP contribution >= 0.6 is 22.7 Å². The summed E-state index contributed by atoms with van der Waals surface area (Å²) in [6.07, 6.45) is 2.43. The van der Waals surface area contributed by atoms with Crippen molar-refractivity contribution in [2.45, 2.75) is 46.1 Å². The van der Waals surface area contributed by atoms with Crippen LogP contribution in [0, 0.1) is 12.8 Å². The van der Waals surface area contributed by atoms with Gasteiger partial charge in [-0.15, -0.1) is 22.7 Å². The molecular formula is C19H20N2O3S2.